The average molecular weight is 381 g/mol. The molecule has 3 rings (SSSR count). The minimum atomic E-state index is 0.578. The second-order valence-electron chi connectivity index (χ2n) is 5.29. The van der Waals surface area contributed by atoms with Crippen LogP contribution in [0.2, 0.25) is 0 Å². The molecule has 0 fully saturated rings. The molecule has 0 saturated heterocycles. The van der Waals surface area contributed by atoms with Gasteiger partial charge in [0.1, 0.15) is 5.82 Å². The zero-order chi connectivity index (χ0) is 14.1. The number of nitrogens with zero attached hydrogens (tertiary/aromatic N) is 2. The van der Waals surface area contributed by atoms with Gasteiger partial charge in [-0.05, 0) is 66.1 Å². The van der Waals surface area contributed by atoms with Crippen LogP contribution in [0.15, 0.2) is 24.3 Å². The summed E-state index contributed by atoms with van der Waals surface area (Å²) in [6.45, 7) is 5.55. The number of fused-ring (bicyclic) bond motifs is 1. The van der Waals surface area contributed by atoms with E-state index in [0.29, 0.717) is 5.92 Å². The molecule has 3 nitrogen and oxygen atoms in total. The summed E-state index contributed by atoms with van der Waals surface area (Å²) in [5.41, 5.74) is 3.87. The van der Waals surface area contributed by atoms with Crippen LogP contribution in [-0.2, 0) is 6.42 Å². The summed E-state index contributed by atoms with van der Waals surface area (Å²) in [7, 11) is 0. The third-order valence-electron chi connectivity index (χ3n) is 4.13. The summed E-state index contributed by atoms with van der Waals surface area (Å²) in [6, 6.07) is 8.56. The molecule has 0 unspecified atom stereocenters. The minimum Gasteiger partial charge on any atom is -0.369 e. The number of hydrogen-bond donors (Lipinski definition) is 1. The van der Waals surface area contributed by atoms with E-state index in [0.717, 1.165) is 31.5 Å². The van der Waals surface area contributed by atoms with Gasteiger partial charge in [-0.2, -0.15) is 5.10 Å². The Kier molecular flexibility index (Phi) is 4.01. The van der Waals surface area contributed by atoms with Gasteiger partial charge in [-0.1, -0.05) is 13.8 Å². The molecule has 2 aromatic rings. The number of hydrogen-bond acceptors (Lipinski definition) is 2. The molecule has 20 heavy (non-hydrogen) atoms. The molecule has 0 spiro atoms. The van der Waals surface area contributed by atoms with E-state index in [4.69, 9.17) is 5.10 Å². The lowest BCUT2D eigenvalue weighted by Crippen LogP contribution is -2.06. The highest BCUT2D eigenvalue weighted by molar-refractivity contribution is 14.1. The molecule has 1 aliphatic rings. The summed E-state index contributed by atoms with van der Waals surface area (Å²) in [5, 5.41) is 8.43. The molecule has 0 amide bonds. The van der Waals surface area contributed by atoms with Crippen LogP contribution >= 0.6 is 22.6 Å². The van der Waals surface area contributed by atoms with Crippen molar-refractivity contribution in [2.24, 2.45) is 0 Å². The maximum atomic E-state index is 4.93. The van der Waals surface area contributed by atoms with E-state index in [1.165, 1.54) is 20.6 Å². The van der Waals surface area contributed by atoms with Crippen molar-refractivity contribution in [1.82, 2.24) is 9.78 Å². The van der Waals surface area contributed by atoms with Gasteiger partial charge in [0.2, 0.25) is 0 Å². The lowest BCUT2D eigenvalue weighted by molar-refractivity contribution is 0.607. The van der Waals surface area contributed by atoms with Gasteiger partial charge in [0.25, 0.3) is 0 Å². The first-order chi connectivity index (χ1) is 9.74. The smallest absolute Gasteiger partial charge is 0.133 e. The van der Waals surface area contributed by atoms with Crippen LogP contribution in [0, 0.1) is 3.57 Å². The monoisotopic (exact) mass is 381 g/mol. The van der Waals surface area contributed by atoms with E-state index < -0.39 is 0 Å². The summed E-state index contributed by atoms with van der Waals surface area (Å²) in [6.07, 6.45) is 3.42. The normalized spacial score (nSPS) is 13.6. The van der Waals surface area contributed by atoms with E-state index in [-0.39, 0.29) is 0 Å². The fraction of sp³-hybridized carbons (Fsp3) is 0.438. The largest absolute Gasteiger partial charge is 0.369 e. The first-order valence-electron chi connectivity index (χ1n) is 7.36. The molecule has 106 valence electrons. The van der Waals surface area contributed by atoms with Crippen molar-refractivity contribution >= 4 is 28.4 Å². The van der Waals surface area contributed by atoms with Crippen LogP contribution < -0.4 is 5.32 Å². The molecule has 0 saturated carbocycles. The number of halogens is 1. The quantitative estimate of drug-likeness (QED) is 0.799. The van der Waals surface area contributed by atoms with Crippen LogP contribution in [-0.4, -0.2) is 16.3 Å². The average Bonchev–Trinajstić information content (AvgIpc) is 3.05. The maximum Gasteiger partial charge on any atom is 0.133 e. The van der Waals surface area contributed by atoms with Crippen LogP contribution in [0.4, 0.5) is 5.82 Å². The first-order valence-corrected chi connectivity index (χ1v) is 8.44. The molecule has 1 N–H and O–H groups in total. The molecule has 2 heterocycles. The Labute approximate surface area is 133 Å². The highest BCUT2D eigenvalue weighted by Gasteiger charge is 2.26. The Morgan fingerprint density at radius 3 is 2.60 bits per heavy atom. The Morgan fingerprint density at radius 2 is 1.95 bits per heavy atom. The predicted octanol–water partition coefficient (Wildman–Crippen LogP) is 4.35. The Morgan fingerprint density at radius 1 is 1.25 bits per heavy atom. The first kappa shape index (κ1) is 13.9. The van der Waals surface area contributed by atoms with E-state index in [1.807, 2.05) is 0 Å². The number of aromatic nitrogens is 2. The van der Waals surface area contributed by atoms with Gasteiger partial charge in [-0.3, -0.25) is 0 Å². The van der Waals surface area contributed by atoms with Gasteiger partial charge in [0.05, 0.1) is 11.4 Å². The SMILES string of the molecule is CCC(CC)c1nn(-c2ccc(I)cc2)c2c1CCN2. The second kappa shape index (κ2) is 5.76. The Hall–Kier alpha value is -1.04. The van der Waals surface area contributed by atoms with E-state index in [9.17, 15) is 0 Å². The molecule has 0 radical (unpaired) electrons. The molecule has 0 bridgehead atoms. The molecule has 1 aromatic carbocycles. The zero-order valence-corrected chi connectivity index (χ0v) is 14.1. The van der Waals surface area contributed by atoms with Gasteiger partial charge in [0, 0.05) is 21.6 Å². The minimum absolute atomic E-state index is 0.578. The molecule has 1 aromatic heterocycles. The maximum absolute atomic E-state index is 4.93. The summed E-state index contributed by atoms with van der Waals surface area (Å²) in [5.74, 6) is 1.78. The van der Waals surface area contributed by atoms with Crippen LogP contribution in [0.1, 0.15) is 43.9 Å². The van der Waals surface area contributed by atoms with Crippen molar-refractivity contribution < 1.29 is 0 Å². The molecule has 0 aliphatic carbocycles. The second-order valence-corrected chi connectivity index (χ2v) is 6.54. The lowest BCUT2D eigenvalue weighted by atomic mass is 9.96. The molecular weight excluding hydrogens is 361 g/mol. The Bertz CT molecular complexity index is 597. The third kappa shape index (κ3) is 2.34. The van der Waals surface area contributed by atoms with Crippen molar-refractivity contribution in [2.75, 3.05) is 11.9 Å². The van der Waals surface area contributed by atoms with Gasteiger partial charge in [-0.25, -0.2) is 4.68 Å². The van der Waals surface area contributed by atoms with E-state index in [2.05, 4.69) is 70.7 Å². The summed E-state index contributed by atoms with van der Waals surface area (Å²) < 4.78 is 3.34. The van der Waals surface area contributed by atoms with Gasteiger partial charge < -0.3 is 5.32 Å². The Balaban J connectivity index is 2.08. The highest BCUT2D eigenvalue weighted by Crippen LogP contribution is 2.35. The summed E-state index contributed by atoms with van der Waals surface area (Å²) >= 11 is 2.34. The topological polar surface area (TPSA) is 29.9 Å². The van der Waals surface area contributed by atoms with Crippen molar-refractivity contribution in [1.29, 1.82) is 0 Å². The molecule has 4 heteroatoms. The van der Waals surface area contributed by atoms with Gasteiger partial charge in [0.15, 0.2) is 0 Å². The fourth-order valence-electron chi connectivity index (χ4n) is 2.97. The summed E-state index contributed by atoms with van der Waals surface area (Å²) in [4.78, 5) is 0. The van der Waals surface area contributed by atoms with Crippen molar-refractivity contribution in [3.63, 3.8) is 0 Å². The van der Waals surface area contributed by atoms with E-state index in [1.54, 1.807) is 0 Å². The van der Waals surface area contributed by atoms with Crippen molar-refractivity contribution in [3.05, 3.63) is 39.1 Å². The molecule has 0 atom stereocenters. The third-order valence-corrected chi connectivity index (χ3v) is 4.84. The predicted molar refractivity (Wildman–Crippen MR) is 91.8 cm³/mol. The number of anilines is 1. The van der Waals surface area contributed by atoms with E-state index >= 15 is 0 Å². The number of nitrogens with one attached hydrogen (secondary N) is 1. The standard InChI is InChI=1S/C16H20IN3/c1-3-11(4-2)15-14-9-10-18-16(14)20(19-15)13-7-5-12(17)6-8-13/h5-8,11,18H,3-4,9-10H2,1-2H3. The van der Waals surface area contributed by atoms with Crippen LogP contribution in [0.3, 0.4) is 0 Å². The van der Waals surface area contributed by atoms with Crippen molar-refractivity contribution in [3.8, 4) is 5.69 Å². The zero-order valence-electron chi connectivity index (χ0n) is 12.0. The fourth-order valence-corrected chi connectivity index (χ4v) is 3.33. The van der Waals surface area contributed by atoms with Crippen molar-refractivity contribution in [2.45, 2.75) is 39.0 Å². The number of benzene rings is 1. The molecular formula is C16H20IN3. The highest BCUT2D eigenvalue weighted by atomic mass is 127. The number of rotatable bonds is 4. The van der Waals surface area contributed by atoms with Gasteiger partial charge in [-0.15, -0.1) is 0 Å². The van der Waals surface area contributed by atoms with Crippen LogP contribution in [0.5, 0.6) is 0 Å². The molecule has 1 aliphatic heterocycles. The lowest BCUT2D eigenvalue weighted by Gasteiger charge is -2.10. The van der Waals surface area contributed by atoms with Crippen LogP contribution in [0.25, 0.3) is 5.69 Å². The van der Waals surface area contributed by atoms with Gasteiger partial charge >= 0.3 is 0 Å².